The minimum absolute atomic E-state index is 0.0817. The van der Waals surface area contributed by atoms with Gasteiger partial charge in [0.2, 0.25) is 0 Å². The Morgan fingerprint density at radius 2 is 2.05 bits per heavy atom. The van der Waals surface area contributed by atoms with Gasteiger partial charge in [0.05, 0.1) is 26.5 Å². The van der Waals surface area contributed by atoms with E-state index in [1.807, 2.05) is 25.1 Å². The summed E-state index contributed by atoms with van der Waals surface area (Å²) < 4.78 is 47.1. The van der Waals surface area contributed by atoms with Gasteiger partial charge in [-0.25, -0.2) is 4.98 Å². The molecule has 0 saturated carbocycles. The topological polar surface area (TPSA) is 70.1 Å². The lowest BCUT2D eigenvalue weighted by molar-refractivity contribution is -0.137. The maximum absolute atomic E-state index is 13.4. The van der Waals surface area contributed by atoms with Gasteiger partial charge in [0, 0.05) is 50.4 Å². The van der Waals surface area contributed by atoms with E-state index in [2.05, 4.69) is 27.2 Å². The van der Waals surface area contributed by atoms with Gasteiger partial charge in [-0.1, -0.05) is 18.2 Å². The Morgan fingerprint density at radius 1 is 1.24 bits per heavy atom. The first-order chi connectivity index (χ1) is 18.2. The Bertz CT molecular complexity index is 1300. The normalized spacial score (nSPS) is 21.9. The zero-order valence-corrected chi connectivity index (χ0v) is 22.1. The molecule has 0 aliphatic carbocycles. The van der Waals surface area contributed by atoms with Crippen molar-refractivity contribution in [2.24, 2.45) is 0 Å². The van der Waals surface area contributed by atoms with Crippen LogP contribution in [0.4, 0.5) is 13.2 Å². The van der Waals surface area contributed by atoms with Crippen LogP contribution in [0.3, 0.4) is 0 Å². The molecule has 1 fully saturated rings. The molecule has 0 spiro atoms. The molecule has 0 radical (unpaired) electrons. The molecule has 3 heterocycles. The zero-order chi connectivity index (χ0) is 26.9. The number of fused-ring (bicyclic) bond motifs is 1. The van der Waals surface area contributed by atoms with Gasteiger partial charge in [-0.15, -0.1) is 11.3 Å². The average Bonchev–Trinajstić information content (AvgIpc) is 3.49. The number of alkyl halides is 3. The second kappa shape index (κ2) is 11.2. The maximum Gasteiger partial charge on any atom is 0.417 e. The number of ether oxygens (including phenoxy) is 1. The molecule has 0 bridgehead atoms. The highest BCUT2D eigenvalue weighted by Crippen LogP contribution is 2.35. The lowest BCUT2D eigenvalue weighted by Crippen LogP contribution is -2.55. The Balaban J connectivity index is 1.10. The summed E-state index contributed by atoms with van der Waals surface area (Å²) in [5.74, 6) is 0.690. The van der Waals surface area contributed by atoms with Gasteiger partial charge < -0.3 is 9.84 Å². The van der Waals surface area contributed by atoms with Crippen LogP contribution in [-0.2, 0) is 11.0 Å². The Hall–Kier alpha value is -2.70. The number of β-amino-alcohol motifs (C(OH)–C–C–N with tert-alkyl or cyclic N) is 1. The second-order valence-electron chi connectivity index (χ2n) is 9.81. The molecule has 204 valence electrons. The quantitative estimate of drug-likeness (QED) is 0.435. The summed E-state index contributed by atoms with van der Waals surface area (Å²) in [6, 6.07) is 11.5. The van der Waals surface area contributed by atoms with E-state index in [0.717, 1.165) is 40.9 Å². The SMILES string of the molecule is Cc1nc2cc(OC[C@H](O)CN3CCN(C[C@H]4C=C(c5ccccc5C(F)(F)F)NO4)[C@@H](C)C3)ccc2s1. The number of halogens is 3. The predicted molar refractivity (Wildman–Crippen MR) is 141 cm³/mol. The summed E-state index contributed by atoms with van der Waals surface area (Å²) in [5, 5.41) is 11.6. The molecule has 2 aliphatic heterocycles. The maximum atomic E-state index is 13.4. The number of thiazole rings is 1. The van der Waals surface area contributed by atoms with Crippen LogP contribution in [0.2, 0.25) is 0 Å². The summed E-state index contributed by atoms with van der Waals surface area (Å²) >= 11 is 1.64. The first kappa shape index (κ1) is 26.9. The highest BCUT2D eigenvalue weighted by atomic mass is 32.1. The number of hydrogen-bond donors (Lipinski definition) is 2. The summed E-state index contributed by atoms with van der Waals surface area (Å²) in [6.45, 7) is 7.60. The molecule has 2 N–H and O–H groups in total. The van der Waals surface area contributed by atoms with Crippen molar-refractivity contribution >= 4 is 27.3 Å². The van der Waals surface area contributed by atoms with Crippen molar-refractivity contribution < 1.29 is 27.9 Å². The molecule has 3 atom stereocenters. The highest BCUT2D eigenvalue weighted by molar-refractivity contribution is 7.18. The fourth-order valence-corrected chi connectivity index (χ4v) is 5.79. The molecule has 5 rings (SSSR count). The number of aromatic nitrogens is 1. The minimum atomic E-state index is -4.44. The summed E-state index contributed by atoms with van der Waals surface area (Å²) in [6.07, 6.45) is -3.72. The van der Waals surface area contributed by atoms with Crippen LogP contribution in [0.1, 0.15) is 23.1 Å². The Labute approximate surface area is 223 Å². The third kappa shape index (κ3) is 6.29. The molecule has 7 nitrogen and oxygen atoms in total. The lowest BCUT2D eigenvalue weighted by Gasteiger charge is -2.41. The van der Waals surface area contributed by atoms with Crippen LogP contribution >= 0.6 is 11.3 Å². The van der Waals surface area contributed by atoms with E-state index in [4.69, 9.17) is 9.57 Å². The fraction of sp³-hybridized carbons (Fsp3) is 0.444. The van der Waals surface area contributed by atoms with Crippen LogP contribution < -0.4 is 10.2 Å². The molecule has 2 aromatic carbocycles. The van der Waals surface area contributed by atoms with Gasteiger partial charge >= 0.3 is 6.18 Å². The van der Waals surface area contributed by atoms with E-state index >= 15 is 0 Å². The van der Waals surface area contributed by atoms with Crippen LogP contribution in [0.5, 0.6) is 5.75 Å². The monoisotopic (exact) mass is 548 g/mol. The number of nitrogens with one attached hydrogen (secondary N) is 1. The van der Waals surface area contributed by atoms with Crippen LogP contribution in [0.25, 0.3) is 15.9 Å². The van der Waals surface area contributed by atoms with Gasteiger partial charge in [-0.05, 0) is 38.1 Å². The van der Waals surface area contributed by atoms with Crippen molar-refractivity contribution in [1.82, 2.24) is 20.3 Å². The molecular formula is C27H31F3N4O3S. The van der Waals surface area contributed by atoms with Crippen molar-refractivity contribution in [2.45, 2.75) is 38.3 Å². The molecule has 3 aromatic rings. The van der Waals surface area contributed by atoms with Crippen LogP contribution in [0.15, 0.2) is 48.5 Å². The van der Waals surface area contributed by atoms with Crippen molar-refractivity contribution in [3.8, 4) is 5.75 Å². The predicted octanol–water partition coefficient (Wildman–Crippen LogP) is 4.31. The number of piperazine rings is 1. The number of aliphatic hydroxyl groups excluding tert-OH is 1. The number of nitrogens with zero attached hydrogens (tertiary/aromatic N) is 3. The Morgan fingerprint density at radius 3 is 2.84 bits per heavy atom. The van der Waals surface area contributed by atoms with E-state index in [9.17, 15) is 18.3 Å². The van der Waals surface area contributed by atoms with Crippen molar-refractivity contribution in [3.63, 3.8) is 0 Å². The number of hydroxylamine groups is 1. The third-order valence-corrected chi connectivity index (χ3v) is 7.79. The second-order valence-corrected chi connectivity index (χ2v) is 11.0. The first-order valence-corrected chi connectivity index (χ1v) is 13.4. The van der Waals surface area contributed by atoms with E-state index in [0.29, 0.717) is 24.5 Å². The number of aryl methyl sites for hydroxylation is 1. The summed E-state index contributed by atoms with van der Waals surface area (Å²) in [7, 11) is 0. The molecule has 2 aliphatic rings. The van der Waals surface area contributed by atoms with Crippen molar-refractivity contribution in [2.75, 3.05) is 39.3 Å². The number of aliphatic hydroxyl groups is 1. The molecule has 11 heteroatoms. The lowest BCUT2D eigenvalue weighted by atomic mass is 10.0. The van der Waals surface area contributed by atoms with E-state index in [1.54, 1.807) is 23.5 Å². The fourth-order valence-electron chi connectivity index (χ4n) is 4.99. The molecule has 0 amide bonds. The van der Waals surface area contributed by atoms with Crippen molar-refractivity contribution in [1.29, 1.82) is 0 Å². The van der Waals surface area contributed by atoms with Gasteiger partial charge in [-0.2, -0.15) is 13.2 Å². The standard InChI is InChI=1S/C27H31F3N4O3S/c1-17-13-33(14-19(35)16-36-20-7-8-26-25(11-20)31-18(2)38-26)9-10-34(17)15-21-12-24(32-37-21)22-5-3-4-6-23(22)27(28,29)30/h3-8,11-12,17,19,21,32,35H,9-10,13-16H2,1-2H3/t17-,19+,21+/m0/s1. The molecular weight excluding hydrogens is 517 g/mol. The summed E-state index contributed by atoms with van der Waals surface area (Å²) in [4.78, 5) is 14.5. The van der Waals surface area contributed by atoms with Crippen LogP contribution in [0, 0.1) is 6.92 Å². The van der Waals surface area contributed by atoms with Crippen LogP contribution in [-0.4, -0.2) is 77.5 Å². The first-order valence-electron chi connectivity index (χ1n) is 12.6. The summed E-state index contributed by atoms with van der Waals surface area (Å²) in [5.41, 5.74) is 3.31. The highest BCUT2D eigenvalue weighted by Gasteiger charge is 2.35. The van der Waals surface area contributed by atoms with E-state index < -0.39 is 17.8 Å². The van der Waals surface area contributed by atoms with Gasteiger partial charge in [0.15, 0.2) is 0 Å². The third-order valence-electron chi connectivity index (χ3n) is 6.84. The average molecular weight is 549 g/mol. The van der Waals surface area contributed by atoms with Crippen molar-refractivity contribution in [3.05, 3.63) is 64.7 Å². The molecule has 0 unspecified atom stereocenters. The number of benzene rings is 2. The van der Waals surface area contributed by atoms with E-state index in [-0.39, 0.29) is 24.3 Å². The van der Waals surface area contributed by atoms with E-state index in [1.165, 1.54) is 12.1 Å². The zero-order valence-electron chi connectivity index (χ0n) is 21.2. The number of hydrogen-bond acceptors (Lipinski definition) is 8. The van der Waals surface area contributed by atoms with Gasteiger partial charge in [0.25, 0.3) is 0 Å². The minimum Gasteiger partial charge on any atom is -0.491 e. The van der Waals surface area contributed by atoms with Gasteiger partial charge in [0.1, 0.15) is 24.6 Å². The molecule has 38 heavy (non-hydrogen) atoms. The Kier molecular flexibility index (Phi) is 7.92. The molecule has 1 aromatic heterocycles. The van der Waals surface area contributed by atoms with Gasteiger partial charge in [-0.3, -0.25) is 20.1 Å². The largest absolute Gasteiger partial charge is 0.491 e. The smallest absolute Gasteiger partial charge is 0.417 e. The number of rotatable bonds is 8. The molecule has 1 saturated heterocycles.